The minimum Gasteiger partial charge on any atom is -0.497 e. The van der Waals surface area contributed by atoms with Crippen LogP contribution in [-0.2, 0) is 11.2 Å². The van der Waals surface area contributed by atoms with Gasteiger partial charge in [0, 0.05) is 12.6 Å². The van der Waals surface area contributed by atoms with Crippen molar-refractivity contribution in [1.29, 1.82) is 0 Å². The largest absolute Gasteiger partial charge is 0.497 e. The lowest BCUT2D eigenvalue weighted by Crippen LogP contribution is -2.34. The highest BCUT2D eigenvalue weighted by Crippen LogP contribution is 2.24. The summed E-state index contributed by atoms with van der Waals surface area (Å²) in [6, 6.07) is 11.2. The third-order valence-corrected chi connectivity index (χ3v) is 4.07. The van der Waals surface area contributed by atoms with Gasteiger partial charge in [0.1, 0.15) is 11.3 Å². The maximum absolute atomic E-state index is 12.4. The number of carbonyl (C=O) groups excluding carboxylic acids is 1. The Morgan fingerprint density at radius 3 is 2.59 bits per heavy atom. The zero-order valence-corrected chi connectivity index (χ0v) is 15.0. The molecule has 1 amide bonds. The van der Waals surface area contributed by atoms with Crippen molar-refractivity contribution in [2.24, 2.45) is 5.92 Å². The predicted octanol–water partition coefficient (Wildman–Crippen LogP) is 2.59. The number of aliphatic carboxylic acids is 1. The van der Waals surface area contributed by atoms with E-state index in [1.54, 1.807) is 0 Å². The summed E-state index contributed by atoms with van der Waals surface area (Å²) in [4.78, 5) is 34.4. The van der Waals surface area contributed by atoms with Crippen molar-refractivity contribution in [3.63, 3.8) is 0 Å². The van der Waals surface area contributed by atoms with Crippen molar-refractivity contribution in [1.82, 2.24) is 5.32 Å². The van der Waals surface area contributed by atoms with Gasteiger partial charge in [-0.3, -0.25) is 19.7 Å². The summed E-state index contributed by atoms with van der Waals surface area (Å²) in [5, 5.41) is 23.1. The number of nitro benzene ring substituents is 1. The highest BCUT2D eigenvalue weighted by Gasteiger charge is 2.24. The molecule has 0 heterocycles. The lowest BCUT2D eigenvalue weighted by atomic mass is 9.98. The first-order valence-electron chi connectivity index (χ1n) is 8.20. The van der Waals surface area contributed by atoms with Gasteiger partial charge in [0.15, 0.2) is 0 Å². The number of nitro groups is 1. The highest BCUT2D eigenvalue weighted by molar-refractivity contribution is 5.98. The number of rotatable bonds is 8. The van der Waals surface area contributed by atoms with E-state index in [1.807, 2.05) is 31.2 Å². The van der Waals surface area contributed by atoms with E-state index in [9.17, 15) is 24.8 Å². The van der Waals surface area contributed by atoms with E-state index in [-0.39, 0.29) is 24.2 Å². The first-order valence-corrected chi connectivity index (χ1v) is 8.20. The van der Waals surface area contributed by atoms with Gasteiger partial charge in [-0.15, -0.1) is 0 Å². The topological polar surface area (TPSA) is 119 Å². The van der Waals surface area contributed by atoms with Gasteiger partial charge in [0.2, 0.25) is 0 Å². The van der Waals surface area contributed by atoms with E-state index in [0.29, 0.717) is 5.75 Å². The van der Waals surface area contributed by atoms with Crippen LogP contribution < -0.4 is 10.1 Å². The van der Waals surface area contributed by atoms with E-state index < -0.39 is 22.7 Å². The molecule has 1 unspecified atom stereocenters. The van der Waals surface area contributed by atoms with Crippen LogP contribution in [0.2, 0.25) is 0 Å². The van der Waals surface area contributed by atoms with Crippen molar-refractivity contribution in [3.8, 4) is 5.75 Å². The zero-order chi connectivity index (χ0) is 20.0. The molecule has 0 saturated heterocycles. The highest BCUT2D eigenvalue weighted by atomic mass is 16.6. The van der Waals surface area contributed by atoms with E-state index >= 15 is 0 Å². The molecule has 1 atom stereocenters. The van der Waals surface area contributed by atoms with Crippen LogP contribution in [0, 0.1) is 23.0 Å². The molecular weight excluding hydrogens is 352 g/mol. The molecule has 8 nitrogen and oxygen atoms in total. The quantitative estimate of drug-likeness (QED) is 0.543. The lowest BCUT2D eigenvalue weighted by Gasteiger charge is -2.14. The number of benzene rings is 2. The molecule has 27 heavy (non-hydrogen) atoms. The van der Waals surface area contributed by atoms with E-state index in [4.69, 9.17) is 4.74 Å². The second kappa shape index (κ2) is 8.79. The number of carboxylic acids is 1. The van der Waals surface area contributed by atoms with Crippen LogP contribution >= 0.6 is 0 Å². The number of aryl methyl sites for hydroxylation is 1. The van der Waals surface area contributed by atoms with Gasteiger partial charge in [0.05, 0.1) is 18.0 Å². The fourth-order valence-electron chi connectivity index (χ4n) is 2.66. The number of carboxylic acid groups (broad SMARTS) is 1. The van der Waals surface area contributed by atoms with E-state index in [1.165, 1.54) is 25.3 Å². The fourth-order valence-corrected chi connectivity index (χ4v) is 2.66. The minimum atomic E-state index is -1.06. The molecule has 2 rings (SSSR count). The third-order valence-electron chi connectivity index (χ3n) is 4.07. The second-order valence-electron chi connectivity index (χ2n) is 6.08. The molecule has 0 aliphatic carbocycles. The van der Waals surface area contributed by atoms with Crippen molar-refractivity contribution in [3.05, 3.63) is 69.3 Å². The molecule has 0 radical (unpaired) electrons. The minimum absolute atomic E-state index is 0.156. The first kappa shape index (κ1) is 19.9. The van der Waals surface area contributed by atoms with Crippen LogP contribution in [-0.4, -0.2) is 35.6 Å². The average molecular weight is 372 g/mol. The smallest absolute Gasteiger partial charge is 0.308 e. The van der Waals surface area contributed by atoms with Crippen LogP contribution in [0.5, 0.6) is 5.75 Å². The van der Waals surface area contributed by atoms with Crippen molar-refractivity contribution >= 4 is 17.6 Å². The van der Waals surface area contributed by atoms with Gasteiger partial charge in [0.25, 0.3) is 11.6 Å². The summed E-state index contributed by atoms with van der Waals surface area (Å²) in [6.07, 6.45) is 0.234. The summed E-state index contributed by atoms with van der Waals surface area (Å²) in [5.74, 6) is -2.35. The normalized spacial score (nSPS) is 11.5. The fraction of sp³-hybridized carbons (Fsp3) is 0.263. The van der Waals surface area contributed by atoms with Crippen molar-refractivity contribution < 1.29 is 24.4 Å². The molecule has 0 aliphatic heterocycles. The number of amides is 1. The number of carbonyl (C=O) groups is 2. The molecule has 2 aromatic rings. The monoisotopic (exact) mass is 372 g/mol. The zero-order valence-electron chi connectivity index (χ0n) is 15.0. The Bertz CT molecular complexity index is 865. The van der Waals surface area contributed by atoms with Crippen LogP contribution in [0.4, 0.5) is 5.69 Å². The summed E-state index contributed by atoms with van der Waals surface area (Å²) in [5.41, 5.74) is 1.29. The SMILES string of the molecule is COc1ccc([N+](=O)[O-])c(C(=O)NCC(Cc2cccc(C)c2)C(=O)O)c1. The van der Waals surface area contributed by atoms with Crippen molar-refractivity contribution in [2.45, 2.75) is 13.3 Å². The third kappa shape index (κ3) is 5.27. The standard InChI is InChI=1S/C19H20N2O6/c1-12-4-3-5-13(8-12)9-14(19(23)24)11-20-18(22)16-10-15(27-2)6-7-17(16)21(25)26/h3-8,10,14H,9,11H2,1-2H3,(H,20,22)(H,23,24). The van der Waals surface area contributed by atoms with Gasteiger partial charge in [-0.05, 0) is 31.0 Å². The predicted molar refractivity (Wildman–Crippen MR) is 98.0 cm³/mol. The summed E-state index contributed by atoms with van der Waals surface area (Å²) in [7, 11) is 1.38. The molecule has 2 aromatic carbocycles. The summed E-state index contributed by atoms with van der Waals surface area (Å²) >= 11 is 0. The molecule has 0 spiro atoms. The Morgan fingerprint density at radius 1 is 1.26 bits per heavy atom. The van der Waals surface area contributed by atoms with Gasteiger partial charge < -0.3 is 15.2 Å². The van der Waals surface area contributed by atoms with Gasteiger partial charge in [-0.25, -0.2) is 0 Å². The Balaban J connectivity index is 2.14. The van der Waals surface area contributed by atoms with Gasteiger partial charge in [-0.1, -0.05) is 29.8 Å². The number of hydrogen-bond acceptors (Lipinski definition) is 5. The molecule has 0 aliphatic rings. The Morgan fingerprint density at radius 2 is 2.00 bits per heavy atom. The molecule has 0 saturated carbocycles. The Kier molecular flexibility index (Phi) is 6.48. The number of nitrogens with one attached hydrogen (secondary N) is 1. The average Bonchev–Trinajstić information content (AvgIpc) is 2.64. The van der Waals surface area contributed by atoms with Crippen LogP contribution in [0.1, 0.15) is 21.5 Å². The number of ether oxygens (including phenoxy) is 1. The number of methoxy groups -OCH3 is 1. The Labute approximate surface area is 155 Å². The van der Waals surface area contributed by atoms with Crippen LogP contribution in [0.3, 0.4) is 0 Å². The molecule has 0 bridgehead atoms. The maximum atomic E-state index is 12.4. The second-order valence-corrected chi connectivity index (χ2v) is 6.08. The maximum Gasteiger partial charge on any atom is 0.308 e. The summed E-state index contributed by atoms with van der Waals surface area (Å²) in [6.45, 7) is 1.75. The van der Waals surface area contributed by atoms with Crippen LogP contribution in [0.15, 0.2) is 42.5 Å². The molecular formula is C19H20N2O6. The molecule has 142 valence electrons. The molecule has 0 fully saturated rings. The number of nitrogens with zero attached hydrogens (tertiary/aromatic N) is 1. The molecule has 2 N–H and O–H groups in total. The van der Waals surface area contributed by atoms with Crippen LogP contribution in [0.25, 0.3) is 0 Å². The molecule has 0 aromatic heterocycles. The lowest BCUT2D eigenvalue weighted by molar-refractivity contribution is -0.385. The Hall–Kier alpha value is -3.42. The number of hydrogen-bond donors (Lipinski definition) is 2. The van der Waals surface area contributed by atoms with Gasteiger partial charge in [-0.2, -0.15) is 0 Å². The van der Waals surface area contributed by atoms with E-state index in [2.05, 4.69) is 5.32 Å². The van der Waals surface area contributed by atoms with Crippen molar-refractivity contribution in [2.75, 3.05) is 13.7 Å². The van der Waals surface area contributed by atoms with E-state index in [0.717, 1.165) is 11.1 Å². The van der Waals surface area contributed by atoms with Gasteiger partial charge >= 0.3 is 5.97 Å². The first-order chi connectivity index (χ1) is 12.8. The molecule has 8 heteroatoms. The summed E-state index contributed by atoms with van der Waals surface area (Å²) < 4.78 is 5.00.